The SMILES string of the molecule is COC(=O)[C@@H](N)Cc1cccc(Oc2ccc3ccccc3c2)c1.Cl. The van der Waals surface area contributed by atoms with E-state index in [1.54, 1.807) is 0 Å². The van der Waals surface area contributed by atoms with Gasteiger partial charge in [0.2, 0.25) is 0 Å². The third-order valence-electron chi connectivity index (χ3n) is 3.81. The summed E-state index contributed by atoms with van der Waals surface area (Å²) in [7, 11) is 1.33. The number of nitrogens with two attached hydrogens (primary N) is 1. The average molecular weight is 358 g/mol. The molecule has 25 heavy (non-hydrogen) atoms. The lowest BCUT2D eigenvalue weighted by atomic mass is 10.1. The minimum atomic E-state index is -0.675. The molecule has 0 heterocycles. The molecule has 0 aromatic heterocycles. The van der Waals surface area contributed by atoms with Crippen LogP contribution in [0.15, 0.2) is 66.7 Å². The van der Waals surface area contributed by atoms with Crippen LogP contribution in [0.1, 0.15) is 5.56 Å². The summed E-state index contributed by atoms with van der Waals surface area (Å²) < 4.78 is 10.6. The van der Waals surface area contributed by atoms with Gasteiger partial charge >= 0.3 is 5.97 Å². The number of esters is 1. The molecule has 3 aromatic rings. The fourth-order valence-electron chi connectivity index (χ4n) is 2.59. The molecule has 0 aliphatic rings. The number of fused-ring (bicyclic) bond motifs is 1. The second-order valence-electron chi connectivity index (χ2n) is 5.59. The maximum absolute atomic E-state index is 11.4. The van der Waals surface area contributed by atoms with Gasteiger partial charge in [0.1, 0.15) is 17.5 Å². The number of carbonyl (C=O) groups is 1. The molecule has 0 saturated carbocycles. The number of rotatable bonds is 5. The van der Waals surface area contributed by atoms with Crippen LogP contribution in [0.3, 0.4) is 0 Å². The van der Waals surface area contributed by atoms with Gasteiger partial charge in [0.05, 0.1) is 7.11 Å². The van der Waals surface area contributed by atoms with Gasteiger partial charge in [-0.15, -0.1) is 12.4 Å². The number of hydrogen-bond donors (Lipinski definition) is 1. The first kappa shape index (κ1) is 18.8. The van der Waals surface area contributed by atoms with Crippen LogP contribution >= 0.6 is 12.4 Å². The third kappa shape index (κ3) is 4.72. The molecule has 0 spiro atoms. The Labute approximate surface area is 153 Å². The summed E-state index contributed by atoms with van der Waals surface area (Å²) in [6, 6.07) is 21.0. The fraction of sp³-hybridized carbons (Fsp3) is 0.150. The molecule has 4 nitrogen and oxygen atoms in total. The zero-order valence-electron chi connectivity index (χ0n) is 13.8. The highest BCUT2D eigenvalue weighted by molar-refractivity contribution is 5.85. The van der Waals surface area contributed by atoms with Crippen molar-refractivity contribution in [2.75, 3.05) is 7.11 Å². The predicted octanol–water partition coefficient (Wildman–Crippen LogP) is 4.10. The quantitative estimate of drug-likeness (QED) is 0.698. The number of hydrogen-bond acceptors (Lipinski definition) is 4. The van der Waals surface area contributed by atoms with Crippen molar-refractivity contribution in [2.24, 2.45) is 5.73 Å². The van der Waals surface area contributed by atoms with E-state index in [-0.39, 0.29) is 12.4 Å². The van der Waals surface area contributed by atoms with E-state index in [9.17, 15) is 4.79 Å². The van der Waals surface area contributed by atoms with E-state index < -0.39 is 12.0 Å². The molecule has 1 atom stereocenters. The Hall–Kier alpha value is -2.56. The highest BCUT2D eigenvalue weighted by Crippen LogP contribution is 2.26. The summed E-state index contributed by atoms with van der Waals surface area (Å²) >= 11 is 0. The summed E-state index contributed by atoms with van der Waals surface area (Å²) in [5.74, 6) is 1.05. The molecule has 0 aliphatic carbocycles. The van der Waals surface area contributed by atoms with Gasteiger partial charge in [0.15, 0.2) is 0 Å². The zero-order valence-corrected chi connectivity index (χ0v) is 14.7. The normalized spacial score (nSPS) is 11.4. The number of halogens is 1. The van der Waals surface area contributed by atoms with Crippen molar-refractivity contribution in [3.63, 3.8) is 0 Å². The molecule has 3 rings (SSSR count). The highest BCUT2D eigenvalue weighted by atomic mass is 35.5. The highest BCUT2D eigenvalue weighted by Gasteiger charge is 2.14. The van der Waals surface area contributed by atoms with Crippen LogP contribution in [0.4, 0.5) is 0 Å². The van der Waals surface area contributed by atoms with Crippen molar-refractivity contribution in [2.45, 2.75) is 12.5 Å². The largest absolute Gasteiger partial charge is 0.468 e. The van der Waals surface area contributed by atoms with E-state index in [1.165, 1.54) is 12.5 Å². The minimum Gasteiger partial charge on any atom is -0.468 e. The van der Waals surface area contributed by atoms with Gasteiger partial charge in [-0.05, 0) is 47.0 Å². The summed E-state index contributed by atoms with van der Waals surface area (Å²) in [6.07, 6.45) is 0.404. The Morgan fingerprint density at radius 3 is 2.44 bits per heavy atom. The van der Waals surface area contributed by atoms with E-state index in [1.807, 2.05) is 60.7 Å². The molecular formula is C20H20ClNO3. The van der Waals surface area contributed by atoms with Crippen LogP contribution in [-0.4, -0.2) is 19.1 Å². The molecule has 0 saturated heterocycles. The van der Waals surface area contributed by atoms with Gasteiger partial charge in [-0.2, -0.15) is 0 Å². The van der Waals surface area contributed by atoms with Crippen molar-refractivity contribution in [3.8, 4) is 11.5 Å². The number of methoxy groups -OCH3 is 1. The average Bonchev–Trinajstić information content (AvgIpc) is 2.61. The molecular weight excluding hydrogens is 338 g/mol. The zero-order chi connectivity index (χ0) is 16.9. The maximum atomic E-state index is 11.4. The lowest BCUT2D eigenvalue weighted by Crippen LogP contribution is -2.33. The topological polar surface area (TPSA) is 61.5 Å². The summed E-state index contributed by atoms with van der Waals surface area (Å²) in [5.41, 5.74) is 6.73. The third-order valence-corrected chi connectivity index (χ3v) is 3.81. The van der Waals surface area contributed by atoms with Crippen LogP contribution in [0.25, 0.3) is 10.8 Å². The maximum Gasteiger partial charge on any atom is 0.322 e. The number of carbonyl (C=O) groups excluding carboxylic acids is 1. The summed E-state index contributed by atoms with van der Waals surface area (Å²) in [6.45, 7) is 0. The molecule has 0 aliphatic heterocycles. The Kier molecular flexibility index (Phi) is 6.39. The van der Waals surface area contributed by atoms with E-state index in [0.29, 0.717) is 12.2 Å². The lowest BCUT2D eigenvalue weighted by molar-refractivity contribution is -0.142. The molecule has 130 valence electrons. The Morgan fingerprint density at radius 1 is 0.960 bits per heavy atom. The molecule has 0 bridgehead atoms. The first-order valence-electron chi connectivity index (χ1n) is 7.75. The van der Waals surface area contributed by atoms with Gasteiger partial charge < -0.3 is 15.2 Å². The van der Waals surface area contributed by atoms with E-state index in [4.69, 9.17) is 10.5 Å². The van der Waals surface area contributed by atoms with Crippen LogP contribution in [0, 0.1) is 0 Å². The van der Waals surface area contributed by atoms with Gasteiger partial charge in [0.25, 0.3) is 0 Å². The first-order chi connectivity index (χ1) is 11.7. The van der Waals surface area contributed by atoms with Crippen molar-refractivity contribution < 1.29 is 14.3 Å². The molecule has 0 unspecified atom stereocenters. The molecule has 0 radical (unpaired) electrons. The van der Waals surface area contributed by atoms with Crippen LogP contribution in [0.2, 0.25) is 0 Å². The van der Waals surface area contributed by atoms with E-state index in [0.717, 1.165) is 16.7 Å². The van der Waals surface area contributed by atoms with Crippen molar-refractivity contribution in [3.05, 3.63) is 72.3 Å². The van der Waals surface area contributed by atoms with Crippen molar-refractivity contribution in [1.82, 2.24) is 0 Å². The molecule has 5 heteroatoms. The molecule has 3 aromatic carbocycles. The van der Waals surface area contributed by atoms with Crippen LogP contribution < -0.4 is 10.5 Å². The Morgan fingerprint density at radius 2 is 1.68 bits per heavy atom. The van der Waals surface area contributed by atoms with E-state index >= 15 is 0 Å². The second kappa shape index (κ2) is 8.51. The lowest BCUT2D eigenvalue weighted by Gasteiger charge is -2.11. The smallest absolute Gasteiger partial charge is 0.322 e. The van der Waals surface area contributed by atoms with E-state index in [2.05, 4.69) is 10.8 Å². The van der Waals surface area contributed by atoms with Crippen molar-refractivity contribution in [1.29, 1.82) is 0 Å². The molecule has 0 amide bonds. The van der Waals surface area contributed by atoms with Gasteiger partial charge in [-0.25, -0.2) is 0 Å². The van der Waals surface area contributed by atoms with Gasteiger partial charge in [-0.3, -0.25) is 4.79 Å². The van der Waals surface area contributed by atoms with Gasteiger partial charge in [-0.1, -0.05) is 42.5 Å². The van der Waals surface area contributed by atoms with Gasteiger partial charge in [0, 0.05) is 0 Å². The summed E-state index contributed by atoms with van der Waals surface area (Å²) in [5, 5.41) is 2.29. The number of ether oxygens (including phenoxy) is 2. The first-order valence-corrected chi connectivity index (χ1v) is 7.75. The predicted molar refractivity (Wildman–Crippen MR) is 101 cm³/mol. The Balaban J connectivity index is 0.00000225. The molecule has 2 N–H and O–H groups in total. The second-order valence-corrected chi connectivity index (χ2v) is 5.59. The van der Waals surface area contributed by atoms with Crippen LogP contribution in [0.5, 0.6) is 11.5 Å². The standard InChI is InChI=1S/C20H19NO3.ClH/c1-23-20(22)19(21)12-14-5-4-8-17(11-14)24-18-10-9-15-6-2-3-7-16(15)13-18;/h2-11,13,19H,12,21H2,1H3;1H/t19-;/m0./s1. The summed E-state index contributed by atoms with van der Waals surface area (Å²) in [4.78, 5) is 11.4. The fourth-order valence-corrected chi connectivity index (χ4v) is 2.59. The van der Waals surface area contributed by atoms with Crippen molar-refractivity contribution >= 4 is 29.1 Å². The monoisotopic (exact) mass is 357 g/mol. The minimum absolute atomic E-state index is 0. The Bertz CT molecular complexity index is 866. The molecule has 0 fully saturated rings. The number of benzene rings is 3. The van der Waals surface area contributed by atoms with Crippen LogP contribution in [-0.2, 0) is 16.0 Å².